The van der Waals surface area contributed by atoms with Crippen molar-refractivity contribution in [2.24, 2.45) is 0 Å². The summed E-state index contributed by atoms with van der Waals surface area (Å²) in [6, 6.07) is 15.3. The van der Waals surface area contributed by atoms with Crippen molar-refractivity contribution in [3.63, 3.8) is 0 Å². The molecule has 0 saturated heterocycles. The van der Waals surface area contributed by atoms with E-state index < -0.39 is 0 Å². The number of allylic oxidation sites excluding steroid dienone is 19. The highest BCUT2D eigenvalue weighted by Gasteiger charge is 2.17. The Morgan fingerprint density at radius 2 is 1.69 bits per heavy atom. The Hall–Kier alpha value is -6.07. The van der Waals surface area contributed by atoms with Crippen molar-refractivity contribution in [3.8, 4) is 5.69 Å². The van der Waals surface area contributed by atoms with Gasteiger partial charge in [-0.3, -0.25) is 0 Å². The summed E-state index contributed by atoms with van der Waals surface area (Å²) >= 11 is 0. The van der Waals surface area contributed by atoms with E-state index in [1.807, 2.05) is 19.9 Å². The smallest absolute Gasteiger partial charge is 0.164 e. The second-order valence-electron chi connectivity index (χ2n) is 14.0. The maximum Gasteiger partial charge on any atom is 0.164 e. The largest absolute Gasteiger partial charge is 0.512 e. The summed E-state index contributed by atoms with van der Waals surface area (Å²) in [5.41, 5.74) is 10.6. The van der Waals surface area contributed by atoms with Gasteiger partial charge in [-0.2, -0.15) is 0 Å². The zero-order chi connectivity index (χ0) is 38.9. The summed E-state index contributed by atoms with van der Waals surface area (Å²) in [6.07, 6.45) is 35.5. The van der Waals surface area contributed by atoms with E-state index >= 15 is 0 Å². The molecule has 0 bridgehead atoms. The summed E-state index contributed by atoms with van der Waals surface area (Å²) in [6.45, 7) is 14.3. The second-order valence-corrected chi connectivity index (χ2v) is 14.0. The van der Waals surface area contributed by atoms with Crippen LogP contribution in [0.5, 0.6) is 0 Å². The van der Waals surface area contributed by atoms with Crippen molar-refractivity contribution in [1.29, 1.82) is 0 Å². The Morgan fingerprint density at radius 3 is 2.44 bits per heavy atom. The van der Waals surface area contributed by atoms with E-state index in [2.05, 4.69) is 160 Å². The highest BCUT2D eigenvalue weighted by molar-refractivity contribution is 5.94. The van der Waals surface area contributed by atoms with E-state index in [1.54, 1.807) is 6.92 Å². The van der Waals surface area contributed by atoms with Crippen molar-refractivity contribution in [2.45, 2.75) is 74.1 Å². The molecule has 2 aromatic heterocycles. The lowest BCUT2D eigenvalue weighted by Crippen LogP contribution is -2.30. The maximum absolute atomic E-state index is 10.5. The van der Waals surface area contributed by atoms with E-state index in [-0.39, 0.29) is 0 Å². The Morgan fingerprint density at radius 1 is 0.891 bits per heavy atom. The lowest BCUT2D eigenvalue weighted by atomic mass is 10.0. The fourth-order valence-electron chi connectivity index (χ4n) is 6.91. The van der Waals surface area contributed by atoms with Crippen molar-refractivity contribution < 1.29 is 5.11 Å². The van der Waals surface area contributed by atoms with E-state index in [9.17, 15) is 5.11 Å². The molecule has 0 fully saturated rings. The fourth-order valence-corrected chi connectivity index (χ4v) is 6.91. The van der Waals surface area contributed by atoms with Crippen LogP contribution >= 0.6 is 0 Å². The number of hydrogen-bond acceptors (Lipinski definition) is 4. The summed E-state index contributed by atoms with van der Waals surface area (Å²) in [5.74, 6) is 2.29. The molecule has 5 heteroatoms. The Bertz CT molecular complexity index is 2530. The molecular weight excluding hydrogens is 673 g/mol. The van der Waals surface area contributed by atoms with Gasteiger partial charge in [-0.05, 0) is 118 Å². The molecule has 0 atom stereocenters. The predicted molar refractivity (Wildman–Crippen MR) is 236 cm³/mol. The molecule has 0 unspecified atom stereocenters. The Balaban J connectivity index is 1.49. The molecule has 2 aromatic carbocycles. The first-order valence-corrected chi connectivity index (χ1v) is 19.4. The SMILES string of the molecule is C\C=C/C=C(\C=C(/C)c1nc(C2=CC=CCC=C2)nc(C(/C=C\CC)=C/CC)n1)c1ccc(-n2/c(=C/C(C)=C(\C)O)c3c4c(cccc42)C=CCC=3C)cc1. The van der Waals surface area contributed by atoms with Gasteiger partial charge in [-0.1, -0.05) is 123 Å². The average Bonchev–Trinajstić information content (AvgIpc) is 3.33. The van der Waals surface area contributed by atoms with Gasteiger partial charge in [-0.15, -0.1) is 0 Å². The summed E-state index contributed by atoms with van der Waals surface area (Å²) in [7, 11) is 0. The number of rotatable bonds is 11. The Kier molecular flexibility index (Phi) is 12.5. The summed E-state index contributed by atoms with van der Waals surface area (Å²) in [5, 5.41) is 14.0. The number of hydrogen-bond donors (Lipinski definition) is 1. The number of aromatic nitrogens is 4. The molecule has 0 aliphatic heterocycles. The van der Waals surface area contributed by atoms with Crippen LogP contribution in [0.25, 0.3) is 56.6 Å². The molecule has 6 rings (SSSR count). The lowest BCUT2D eigenvalue weighted by molar-refractivity contribution is 0.410. The normalized spacial score (nSPS) is 16.1. The summed E-state index contributed by atoms with van der Waals surface area (Å²) < 4.78 is 2.33. The van der Waals surface area contributed by atoms with Crippen LogP contribution < -0.4 is 10.6 Å². The first-order chi connectivity index (χ1) is 26.7. The van der Waals surface area contributed by atoms with Crippen molar-refractivity contribution in [3.05, 3.63) is 172 Å². The van der Waals surface area contributed by atoms with Crippen LogP contribution in [0.4, 0.5) is 0 Å². The minimum atomic E-state index is 0.316. The van der Waals surface area contributed by atoms with Gasteiger partial charge in [0.15, 0.2) is 17.5 Å². The van der Waals surface area contributed by atoms with Crippen LogP contribution in [-0.4, -0.2) is 24.6 Å². The molecule has 2 heterocycles. The molecule has 0 saturated carbocycles. The standard InChI is InChI=1S/C50H52N4O/c1-8-11-21-40(19-10-3)49-51-48(52-50(53-49)41-23-15-13-14-16-24-41)36(6)32-42(22-12-9-2)38-28-30-43(31-29-38)54-44-27-18-26-39-25-17-20-34(4)46(47(39)44)45(54)33-35(5)37(7)55/h9,11-13,15-19,21-33,55H,8,10,14,20H2,1-7H3/b12-9-,21-11-,36-32+,37-35+,40-19+,42-22+,45-33+. The third-order valence-electron chi connectivity index (χ3n) is 9.88. The van der Waals surface area contributed by atoms with Gasteiger partial charge in [0.05, 0.1) is 16.6 Å². The van der Waals surface area contributed by atoms with Crippen LogP contribution in [0, 0.1) is 0 Å². The third-order valence-corrected chi connectivity index (χ3v) is 9.88. The van der Waals surface area contributed by atoms with Gasteiger partial charge in [-0.25, -0.2) is 15.0 Å². The molecule has 2 aliphatic rings. The average molecular weight is 725 g/mol. The lowest BCUT2D eigenvalue weighted by Gasteiger charge is -2.12. The number of benzene rings is 2. The summed E-state index contributed by atoms with van der Waals surface area (Å²) in [4.78, 5) is 15.1. The number of aliphatic hydroxyl groups is 1. The van der Waals surface area contributed by atoms with Gasteiger partial charge < -0.3 is 9.67 Å². The highest BCUT2D eigenvalue weighted by Crippen LogP contribution is 2.28. The molecule has 4 aromatic rings. The first-order valence-electron chi connectivity index (χ1n) is 19.4. The van der Waals surface area contributed by atoms with E-state index in [4.69, 9.17) is 15.0 Å². The van der Waals surface area contributed by atoms with E-state index in [0.29, 0.717) is 23.2 Å². The minimum Gasteiger partial charge on any atom is -0.512 e. The van der Waals surface area contributed by atoms with Crippen molar-refractivity contribution >= 4 is 50.9 Å². The molecule has 55 heavy (non-hydrogen) atoms. The quantitative estimate of drug-likeness (QED) is 0.124. The van der Waals surface area contributed by atoms with Crippen molar-refractivity contribution in [1.82, 2.24) is 19.5 Å². The fraction of sp³-hybridized carbons (Fsp3) is 0.220. The molecule has 0 radical (unpaired) electrons. The minimum absolute atomic E-state index is 0.316. The maximum atomic E-state index is 10.5. The molecule has 2 aliphatic carbocycles. The topological polar surface area (TPSA) is 63.8 Å². The molecule has 278 valence electrons. The van der Waals surface area contributed by atoms with Crippen molar-refractivity contribution in [2.75, 3.05) is 0 Å². The number of aliphatic hydroxyl groups excluding tert-OH is 1. The van der Waals surface area contributed by atoms with Gasteiger partial charge in [0.2, 0.25) is 0 Å². The number of nitrogens with zero attached hydrogens (tertiary/aromatic N) is 4. The first kappa shape index (κ1) is 38.6. The second kappa shape index (κ2) is 17.8. The third kappa shape index (κ3) is 8.68. The van der Waals surface area contributed by atoms with E-state index in [0.717, 1.165) is 75.7 Å². The van der Waals surface area contributed by atoms with Crippen LogP contribution in [0.2, 0.25) is 0 Å². The predicted octanol–water partition coefficient (Wildman–Crippen LogP) is 11.8. The molecule has 0 spiro atoms. The molecular formula is C50H52N4O. The molecule has 5 nitrogen and oxygen atoms in total. The van der Waals surface area contributed by atoms with E-state index in [1.165, 1.54) is 21.7 Å². The monoisotopic (exact) mass is 724 g/mol. The van der Waals surface area contributed by atoms with Gasteiger partial charge in [0.25, 0.3) is 0 Å². The van der Waals surface area contributed by atoms with Crippen LogP contribution in [0.1, 0.15) is 103 Å². The van der Waals surface area contributed by atoms with Crippen LogP contribution in [-0.2, 0) is 0 Å². The molecule has 1 N–H and O–H groups in total. The zero-order valence-electron chi connectivity index (χ0n) is 33.3. The van der Waals surface area contributed by atoms with Gasteiger partial charge in [0, 0.05) is 27.4 Å². The van der Waals surface area contributed by atoms with Gasteiger partial charge >= 0.3 is 0 Å². The van der Waals surface area contributed by atoms with Gasteiger partial charge in [0.1, 0.15) is 0 Å². The van der Waals surface area contributed by atoms with Crippen LogP contribution in [0.15, 0.2) is 133 Å². The zero-order valence-corrected chi connectivity index (χ0v) is 33.3. The highest BCUT2D eigenvalue weighted by atomic mass is 16.3. The molecule has 0 amide bonds. The Labute approximate surface area is 326 Å². The van der Waals surface area contributed by atoms with Crippen LogP contribution in [0.3, 0.4) is 0 Å².